The van der Waals surface area contributed by atoms with E-state index in [1.54, 1.807) is 4.57 Å². The Kier molecular flexibility index (Phi) is 8.99. The normalized spacial score (nSPS) is 11.8. The van der Waals surface area contributed by atoms with Crippen molar-refractivity contribution in [2.45, 2.75) is 0 Å². The van der Waals surface area contributed by atoms with Crippen molar-refractivity contribution < 1.29 is 0 Å². The Bertz CT molecular complexity index is 2970. The first kappa shape index (κ1) is 37.9. The molecule has 0 saturated carbocycles. The molecular formula is C36H7B17N2. The largest absolute Gasteiger partial charge is 0.311 e. The molecule has 0 atom stereocenters. The molecule has 0 aliphatic heterocycles. The van der Waals surface area contributed by atoms with Gasteiger partial charge in [-0.15, -0.1) is 43.7 Å². The van der Waals surface area contributed by atoms with Crippen molar-refractivity contribution >= 4 is 270 Å². The van der Waals surface area contributed by atoms with E-state index in [0.717, 1.165) is 10.8 Å². The maximum absolute atomic E-state index is 7.02. The highest BCUT2D eigenvalue weighted by atomic mass is 15.0. The van der Waals surface area contributed by atoms with Gasteiger partial charge in [0.15, 0.2) is 0 Å². The molecule has 8 rings (SSSR count). The van der Waals surface area contributed by atoms with E-state index in [0.29, 0.717) is 44.2 Å². The molecule has 2 nitrogen and oxygen atoms in total. The Hall–Kier alpha value is -3.98. The molecule has 34 radical (unpaired) electrons. The van der Waals surface area contributed by atoms with Crippen LogP contribution < -0.4 is 92.9 Å². The second kappa shape index (κ2) is 13.0. The number of fused-ring (bicyclic) bond motifs is 6. The van der Waals surface area contributed by atoms with E-state index in [-0.39, 0.29) is 104 Å². The van der Waals surface area contributed by atoms with Crippen molar-refractivity contribution in [1.29, 1.82) is 0 Å². The number of benzene rings is 6. The van der Waals surface area contributed by atoms with Crippen LogP contribution in [-0.2, 0) is 0 Å². The van der Waals surface area contributed by atoms with E-state index in [4.69, 9.17) is 133 Å². The first-order valence-electron chi connectivity index (χ1n) is 16.6. The Morgan fingerprint density at radius 2 is 0.709 bits per heavy atom. The summed E-state index contributed by atoms with van der Waals surface area (Å²) in [6.07, 6.45) is 0. The highest BCUT2D eigenvalue weighted by molar-refractivity contribution is 6.73. The van der Waals surface area contributed by atoms with Gasteiger partial charge in [0.2, 0.25) is 0 Å². The summed E-state index contributed by atoms with van der Waals surface area (Å²) in [4.78, 5) is 0. The maximum atomic E-state index is 7.02. The Balaban J connectivity index is 1.51. The molecule has 0 spiro atoms. The van der Waals surface area contributed by atoms with Crippen LogP contribution in [0.2, 0.25) is 0 Å². The second-order valence-corrected chi connectivity index (χ2v) is 13.5. The molecule has 6 aromatic carbocycles. The van der Waals surface area contributed by atoms with Gasteiger partial charge >= 0.3 is 0 Å². The lowest BCUT2D eigenvalue weighted by atomic mass is 9.56. The SMILES string of the molecule is [B]c1c([B])c([B])c(-c2c([B])c([B])c([B])c(-n3c4ccccc4c4cc(-n5c6c([B])c([B])c([B])c([B])c6c6c([B])c([B])c([B])c([B])c65)ccc43)c2[B])c([B])c1[B]. The molecule has 8 aromatic rings. The van der Waals surface area contributed by atoms with E-state index >= 15 is 0 Å². The van der Waals surface area contributed by atoms with Crippen molar-refractivity contribution in [3.05, 3.63) is 42.5 Å². The van der Waals surface area contributed by atoms with E-state index in [1.165, 1.54) is 0 Å². The summed E-state index contributed by atoms with van der Waals surface area (Å²) in [5.41, 5.74) is 4.55. The molecular weight excluding hydrogens is 644 g/mol. The molecule has 0 saturated heterocycles. The minimum Gasteiger partial charge on any atom is -0.311 e. The van der Waals surface area contributed by atoms with Crippen molar-refractivity contribution in [1.82, 2.24) is 9.13 Å². The predicted molar refractivity (Wildman–Crippen MR) is 252 cm³/mol. The van der Waals surface area contributed by atoms with Crippen LogP contribution in [0, 0.1) is 0 Å². The smallest absolute Gasteiger partial charge is 0.117 e. The van der Waals surface area contributed by atoms with E-state index < -0.39 is 0 Å². The van der Waals surface area contributed by atoms with E-state index in [2.05, 4.69) is 0 Å². The molecule has 55 heavy (non-hydrogen) atoms. The van der Waals surface area contributed by atoms with Gasteiger partial charge in [0.25, 0.3) is 0 Å². The summed E-state index contributed by atoms with van der Waals surface area (Å²) in [7, 11) is 111. The summed E-state index contributed by atoms with van der Waals surface area (Å²) >= 11 is 0. The van der Waals surface area contributed by atoms with Crippen LogP contribution in [0.4, 0.5) is 0 Å². The van der Waals surface area contributed by atoms with Crippen molar-refractivity contribution in [3.8, 4) is 22.5 Å². The van der Waals surface area contributed by atoms with E-state index in [9.17, 15) is 0 Å². The minimum absolute atomic E-state index is 0.00516. The number of nitrogens with zero attached hydrogens (tertiary/aromatic N) is 2. The van der Waals surface area contributed by atoms with Gasteiger partial charge in [-0.2, -0.15) is 0 Å². The first-order valence-corrected chi connectivity index (χ1v) is 16.6. The Morgan fingerprint density at radius 3 is 1.24 bits per heavy atom. The lowest BCUT2D eigenvalue weighted by Gasteiger charge is -2.29. The van der Waals surface area contributed by atoms with Gasteiger partial charge in [0, 0.05) is 33.2 Å². The fraction of sp³-hybridized carbons (Fsp3) is 0. The van der Waals surface area contributed by atoms with Gasteiger partial charge in [-0.25, -0.2) is 0 Å². The molecule has 0 aliphatic carbocycles. The van der Waals surface area contributed by atoms with Gasteiger partial charge < -0.3 is 9.13 Å². The molecule has 0 amide bonds. The molecule has 0 unspecified atom stereocenters. The van der Waals surface area contributed by atoms with Crippen LogP contribution in [0.25, 0.3) is 66.1 Å². The molecule has 0 fully saturated rings. The molecule has 0 aliphatic rings. The van der Waals surface area contributed by atoms with Gasteiger partial charge in [-0.05, 0) is 46.2 Å². The Morgan fingerprint density at radius 1 is 0.309 bits per heavy atom. The van der Waals surface area contributed by atoms with Crippen LogP contribution in [0.1, 0.15) is 0 Å². The highest BCUT2D eigenvalue weighted by Gasteiger charge is 2.25. The lowest BCUT2D eigenvalue weighted by Crippen LogP contribution is -2.57. The predicted octanol–water partition coefficient (Wildman–Crippen LogP) is -11.0. The zero-order valence-electron chi connectivity index (χ0n) is 29.3. The third-order valence-electron chi connectivity index (χ3n) is 10.7. The average Bonchev–Trinajstić information content (AvgIpc) is 3.70. The standard InChI is InChI=1S/C36H7B17N2/c37-17-13(18(38)24(44)28(48)23(17)43)14-19(39)27(47)33(53)36(22(14)42)55-11-4-2-1-3-9(11)10-7-8(5-6-12(10)55)54-34-15(20(40)25(45)29(49)31(34)51)16-21(41)26(46)30(50)32(52)35(16)54/h1-7H. The summed E-state index contributed by atoms with van der Waals surface area (Å²) in [5.74, 6) is 0. The Labute approximate surface area is 342 Å². The third-order valence-corrected chi connectivity index (χ3v) is 10.7. The first-order chi connectivity index (χ1) is 25.9. The molecule has 0 bridgehead atoms. The van der Waals surface area contributed by atoms with Gasteiger partial charge in [-0.1, -0.05) is 67.4 Å². The van der Waals surface area contributed by atoms with Crippen LogP contribution >= 0.6 is 0 Å². The second-order valence-electron chi connectivity index (χ2n) is 13.5. The zero-order valence-corrected chi connectivity index (χ0v) is 29.3. The molecule has 2 aromatic heterocycles. The number of rotatable bonds is 3. The quantitative estimate of drug-likeness (QED) is 0.168. The van der Waals surface area contributed by atoms with Crippen molar-refractivity contribution in [2.75, 3.05) is 0 Å². The third kappa shape index (κ3) is 4.99. The van der Waals surface area contributed by atoms with Crippen LogP contribution in [-0.4, -0.2) is 143 Å². The van der Waals surface area contributed by atoms with E-state index in [1.807, 2.05) is 47.0 Å². The fourth-order valence-corrected chi connectivity index (χ4v) is 7.76. The molecule has 2 heterocycles. The molecule has 19 heteroatoms. The fourth-order valence-electron chi connectivity index (χ4n) is 7.76. The minimum atomic E-state index is 0.00516. The molecule has 212 valence electrons. The highest BCUT2D eigenvalue weighted by Crippen LogP contribution is 2.35. The summed E-state index contributed by atoms with van der Waals surface area (Å²) < 4.78 is 3.64. The summed E-state index contributed by atoms with van der Waals surface area (Å²) in [6, 6.07) is 13.2. The van der Waals surface area contributed by atoms with Crippen molar-refractivity contribution in [3.63, 3.8) is 0 Å². The monoisotopic (exact) mass is 654 g/mol. The summed E-state index contributed by atoms with van der Waals surface area (Å²) in [5, 5.41) is 2.35. The van der Waals surface area contributed by atoms with Crippen LogP contribution in [0.5, 0.6) is 0 Å². The number of hydrogen-bond donors (Lipinski definition) is 0. The topological polar surface area (TPSA) is 9.86 Å². The molecule has 0 N–H and O–H groups in total. The average molecular weight is 651 g/mol. The maximum Gasteiger partial charge on any atom is 0.117 e. The zero-order chi connectivity index (χ0) is 39.8. The van der Waals surface area contributed by atoms with Gasteiger partial charge in [0.05, 0.1) is 11.0 Å². The van der Waals surface area contributed by atoms with Crippen molar-refractivity contribution in [2.24, 2.45) is 0 Å². The van der Waals surface area contributed by atoms with Gasteiger partial charge in [-0.3, -0.25) is 0 Å². The number of para-hydroxylation sites is 1. The number of hydrogen-bond acceptors (Lipinski definition) is 0. The summed E-state index contributed by atoms with van der Waals surface area (Å²) in [6.45, 7) is 0. The van der Waals surface area contributed by atoms with Crippen LogP contribution in [0.3, 0.4) is 0 Å². The lowest BCUT2D eigenvalue weighted by molar-refractivity contribution is 1.18. The van der Waals surface area contributed by atoms with Crippen LogP contribution in [0.15, 0.2) is 42.5 Å². The number of aromatic nitrogens is 2. The van der Waals surface area contributed by atoms with Gasteiger partial charge in [0.1, 0.15) is 133 Å².